The van der Waals surface area contributed by atoms with Crippen molar-refractivity contribution in [2.75, 3.05) is 43.8 Å². The van der Waals surface area contributed by atoms with Gasteiger partial charge in [0, 0.05) is 26.7 Å². The maximum absolute atomic E-state index is 9.27. The molecule has 1 fully saturated rings. The van der Waals surface area contributed by atoms with Crippen molar-refractivity contribution in [1.82, 2.24) is 24.6 Å². The maximum Gasteiger partial charge on any atom is 0.226 e. The highest BCUT2D eigenvalue weighted by Crippen LogP contribution is 2.18. The van der Waals surface area contributed by atoms with Gasteiger partial charge in [-0.05, 0) is 38.3 Å². The molecule has 0 radical (unpaired) electrons. The smallest absolute Gasteiger partial charge is 0.226 e. The number of aryl methyl sites for hydroxylation is 1. The summed E-state index contributed by atoms with van der Waals surface area (Å²) < 4.78 is 1.70. The van der Waals surface area contributed by atoms with Crippen molar-refractivity contribution in [1.29, 1.82) is 0 Å². The molecule has 0 saturated carbocycles. The van der Waals surface area contributed by atoms with Crippen LogP contribution in [0.5, 0.6) is 0 Å². The average molecular weight is 319 g/mol. The number of aliphatic hydroxyl groups excluding tert-OH is 1. The minimum atomic E-state index is 0.298. The van der Waals surface area contributed by atoms with Gasteiger partial charge in [0.1, 0.15) is 5.82 Å². The average Bonchev–Trinajstić information content (AvgIpc) is 2.94. The summed E-state index contributed by atoms with van der Waals surface area (Å²) in [6, 6.07) is 0. The Bertz CT molecular complexity index is 657. The van der Waals surface area contributed by atoms with Crippen LogP contribution >= 0.6 is 0 Å². The summed E-state index contributed by atoms with van der Waals surface area (Å²) in [7, 11) is 1.84. The van der Waals surface area contributed by atoms with Gasteiger partial charge in [-0.2, -0.15) is 15.1 Å². The number of anilines is 2. The Morgan fingerprint density at radius 1 is 1.43 bits per heavy atom. The number of nitrogens with two attached hydrogens (primary N) is 1. The van der Waals surface area contributed by atoms with E-state index in [9.17, 15) is 5.11 Å². The summed E-state index contributed by atoms with van der Waals surface area (Å²) in [6.45, 7) is 4.24. The third-order valence-corrected chi connectivity index (χ3v) is 4.42. The van der Waals surface area contributed by atoms with Crippen LogP contribution in [0.15, 0.2) is 6.20 Å². The highest BCUT2D eigenvalue weighted by molar-refractivity contribution is 5.86. The largest absolute Gasteiger partial charge is 0.396 e. The first-order valence-corrected chi connectivity index (χ1v) is 8.19. The molecule has 8 nitrogen and oxygen atoms in total. The summed E-state index contributed by atoms with van der Waals surface area (Å²) in [5.41, 5.74) is 6.68. The minimum absolute atomic E-state index is 0.298. The molecule has 1 atom stereocenters. The normalized spacial score (nSPS) is 19.3. The number of hydrogen-bond donors (Lipinski definition) is 3. The number of nitrogens with zero attached hydrogens (tertiary/aromatic N) is 5. The molecule has 0 aliphatic carbocycles. The van der Waals surface area contributed by atoms with E-state index in [0.29, 0.717) is 24.3 Å². The molecule has 3 heterocycles. The summed E-state index contributed by atoms with van der Waals surface area (Å²) in [6.07, 6.45) is 5.01. The predicted octanol–water partition coefficient (Wildman–Crippen LogP) is 0.452. The first kappa shape index (κ1) is 15.9. The second-order valence-corrected chi connectivity index (χ2v) is 6.21. The lowest BCUT2D eigenvalue weighted by Crippen LogP contribution is -2.37. The van der Waals surface area contributed by atoms with Crippen molar-refractivity contribution in [3.63, 3.8) is 0 Å². The van der Waals surface area contributed by atoms with Crippen molar-refractivity contribution in [3.05, 3.63) is 6.20 Å². The number of rotatable bonds is 6. The molecule has 3 rings (SSSR count). The quantitative estimate of drug-likeness (QED) is 0.664. The zero-order valence-electron chi connectivity index (χ0n) is 13.6. The second kappa shape index (κ2) is 7.10. The number of hydrogen-bond acceptors (Lipinski definition) is 7. The Morgan fingerprint density at radius 3 is 3.13 bits per heavy atom. The van der Waals surface area contributed by atoms with Gasteiger partial charge >= 0.3 is 0 Å². The maximum atomic E-state index is 9.27. The van der Waals surface area contributed by atoms with E-state index in [2.05, 4.69) is 25.3 Å². The molecule has 8 heteroatoms. The lowest BCUT2D eigenvalue weighted by atomic mass is 9.99. The lowest BCUT2D eigenvalue weighted by Gasteiger charge is -2.31. The summed E-state index contributed by atoms with van der Waals surface area (Å²) in [5.74, 6) is 1.44. The molecule has 23 heavy (non-hydrogen) atoms. The fourth-order valence-corrected chi connectivity index (χ4v) is 3.13. The number of aromatic nitrogens is 4. The monoisotopic (exact) mass is 319 g/mol. The van der Waals surface area contributed by atoms with E-state index in [1.165, 1.54) is 6.42 Å². The van der Waals surface area contributed by atoms with Crippen molar-refractivity contribution in [2.24, 2.45) is 13.0 Å². The Morgan fingerprint density at radius 2 is 2.30 bits per heavy atom. The van der Waals surface area contributed by atoms with E-state index in [-0.39, 0.29) is 0 Å². The highest BCUT2D eigenvalue weighted by atomic mass is 16.3. The number of piperidine rings is 1. The van der Waals surface area contributed by atoms with Gasteiger partial charge in [-0.3, -0.25) is 4.68 Å². The molecular formula is C15H25N7O. The van der Waals surface area contributed by atoms with Crippen LogP contribution in [-0.4, -0.2) is 62.5 Å². The van der Waals surface area contributed by atoms with Gasteiger partial charge in [-0.1, -0.05) is 0 Å². The Kier molecular flexibility index (Phi) is 4.92. The molecule has 0 aromatic carbocycles. The fourth-order valence-electron chi connectivity index (χ4n) is 3.13. The predicted molar refractivity (Wildman–Crippen MR) is 90.1 cm³/mol. The minimum Gasteiger partial charge on any atom is -0.396 e. The number of likely N-dealkylation sites (tertiary alicyclic amines) is 1. The molecular weight excluding hydrogens is 294 g/mol. The van der Waals surface area contributed by atoms with Crippen LogP contribution in [-0.2, 0) is 7.05 Å². The topological polar surface area (TPSA) is 105 Å². The molecule has 0 spiro atoms. The summed E-state index contributed by atoms with van der Waals surface area (Å²) in [4.78, 5) is 11.2. The van der Waals surface area contributed by atoms with Crippen LogP contribution in [0, 0.1) is 5.92 Å². The third kappa shape index (κ3) is 3.70. The third-order valence-electron chi connectivity index (χ3n) is 4.42. The zero-order valence-corrected chi connectivity index (χ0v) is 13.6. The van der Waals surface area contributed by atoms with Gasteiger partial charge in [0.05, 0.1) is 11.6 Å². The van der Waals surface area contributed by atoms with Gasteiger partial charge in [-0.15, -0.1) is 0 Å². The number of fused-ring (bicyclic) bond motifs is 1. The number of nitrogen functional groups attached to an aromatic ring is 1. The molecule has 2 aromatic rings. The van der Waals surface area contributed by atoms with Crippen LogP contribution in [0.1, 0.15) is 19.3 Å². The van der Waals surface area contributed by atoms with Gasteiger partial charge in [0.25, 0.3) is 0 Å². The van der Waals surface area contributed by atoms with Gasteiger partial charge in [0.2, 0.25) is 5.95 Å². The molecule has 1 saturated heterocycles. The SMILES string of the molecule is Cn1ncc2c(N)nc(NCCCN3CCCC(CO)C3)nc21. The first-order valence-electron chi connectivity index (χ1n) is 8.19. The van der Waals surface area contributed by atoms with Crippen LogP contribution in [0.2, 0.25) is 0 Å². The molecule has 1 aliphatic heterocycles. The van der Waals surface area contributed by atoms with Gasteiger partial charge < -0.3 is 21.1 Å². The van der Waals surface area contributed by atoms with E-state index in [1.807, 2.05) is 7.05 Å². The Hall–Kier alpha value is -1.93. The van der Waals surface area contributed by atoms with Crippen LogP contribution in [0.4, 0.5) is 11.8 Å². The molecule has 1 unspecified atom stereocenters. The van der Waals surface area contributed by atoms with E-state index < -0.39 is 0 Å². The van der Waals surface area contributed by atoms with Crippen molar-refractivity contribution in [3.8, 4) is 0 Å². The van der Waals surface area contributed by atoms with Crippen molar-refractivity contribution in [2.45, 2.75) is 19.3 Å². The molecule has 4 N–H and O–H groups in total. The second-order valence-electron chi connectivity index (χ2n) is 6.21. The fraction of sp³-hybridized carbons (Fsp3) is 0.667. The van der Waals surface area contributed by atoms with Gasteiger partial charge in [-0.25, -0.2) is 0 Å². The lowest BCUT2D eigenvalue weighted by molar-refractivity contribution is 0.120. The van der Waals surface area contributed by atoms with Crippen molar-refractivity contribution >= 4 is 22.8 Å². The Balaban J connectivity index is 1.50. The molecule has 2 aromatic heterocycles. The van der Waals surface area contributed by atoms with Crippen LogP contribution in [0.3, 0.4) is 0 Å². The van der Waals surface area contributed by atoms with E-state index >= 15 is 0 Å². The number of aliphatic hydroxyl groups is 1. The summed E-state index contributed by atoms with van der Waals surface area (Å²) in [5, 5.41) is 17.4. The van der Waals surface area contributed by atoms with E-state index in [0.717, 1.165) is 50.1 Å². The van der Waals surface area contributed by atoms with Crippen molar-refractivity contribution < 1.29 is 5.11 Å². The molecule has 0 bridgehead atoms. The zero-order chi connectivity index (χ0) is 16.2. The first-order chi connectivity index (χ1) is 11.2. The molecule has 126 valence electrons. The number of nitrogens with one attached hydrogen (secondary N) is 1. The van der Waals surface area contributed by atoms with Gasteiger partial charge in [0.15, 0.2) is 5.65 Å². The van der Waals surface area contributed by atoms with Crippen LogP contribution < -0.4 is 11.1 Å². The molecule has 1 aliphatic rings. The van der Waals surface area contributed by atoms with E-state index in [1.54, 1.807) is 10.9 Å². The summed E-state index contributed by atoms with van der Waals surface area (Å²) >= 11 is 0. The standard InChI is InChI=1S/C15H25N7O/c1-21-14-12(8-18-21)13(16)19-15(20-14)17-5-3-7-22-6-2-4-11(9-22)10-23/h8,11,23H,2-7,9-10H2,1H3,(H3,16,17,19,20). The van der Waals surface area contributed by atoms with E-state index in [4.69, 9.17) is 5.73 Å². The molecule has 0 amide bonds. The van der Waals surface area contributed by atoms with Crippen LogP contribution in [0.25, 0.3) is 11.0 Å². The Labute approximate surface area is 135 Å². The highest BCUT2D eigenvalue weighted by Gasteiger charge is 2.18.